The molecular weight excluding hydrogens is 352 g/mol. The Bertz CT molecular complexity index is 756. The molecule has 0 aromatic heterocycles. The predicted octanol–water partition coefficient (Wildman–Crippen LogP) is 1.11. The lowest BCUT2D eigenvalue weighted by Gasteiger charge is -2.26. The monoisotopic (exact) mass is 378 g/mol. The second-order valence-corrected chi connectivity index (χ2v) is 9.26. The van der Waals surface area contributed by atoms with Crippen molar-refractivity contribution in [1.82, 2.24) is 9.62 Å². The Morgan fingerprint density at radius 2 is 1.75 bits per heavy atom. The van der Waals surface area contributed by atoms with Crippen LogP contribution in [0.5, 0.6) is 5.75 Å². The first-order valence-electron chi connectivity index (χ1n) is 7.68. The van der Waals surface area contributed by atoms with Gasteiger partial charge in [-0.15, -0.1) is 0 Å². The van der Waals surface area contributed by atoms with Gasteiger partial charge < -0.3 is 4.74 Å². The van der Waals surface area contributed by atoms with Crippen LogP contribution >= 0.6 is 0 Å². The van der Waals surface area contributed by atoms with Gasteiger partial charge in [0.05, 0.1) is 12.0 Å². The lowest BCUT2D eigenvalue weighted by atomic mass is 10.3. The first kappa shape index (κ1) is 20.9. The van der Waals surface area contributed by atoms with Gasteiger partial charge >= 0.3 is 0 Å². The zero-order valence-corrected chi connectivity index (χ0v) is 16.4. The van der Waals surface area contributed by atoms with Gasteiger partial charge in [0.15, 0.2) is 9.84 Å². The second kappa shape index (κ2) is 8.28. The van der Waals surface area contributed by atoms with E-state index in [9.17, 15) is 16.8 Å². The summed E-state index contributed by atoms with van der Waals surface area (Å²) in [6.07, 6.45) is 1.03. The van der Waals surface area contributed by atoms with Crippen molar-refractivity contribution in [3.05, 3.63) is 18.2 Å². The van der Waals surface area contributed by atoms with E-state index in [1.54, 1.807) is 0 Å². The smallest absolute Gasteiger partial charge is 0.244 e. The van der Waals surface area contributed by atoms with Crippen molar-refractivity contribution < 1.29 is 21.6 Å². The Hall–Kier alpha value is -1.16. The quantitative estimate of drug-likeness (QED) is 0.692. The standard InChI is InChI=1S/C15H26N2O5S2/c1-6-17(7-2)12(3)11-16-24(20,21)15-10-13(23(5,18)19)8-9-14(15)22-4/h8-10,12,16H,6-7,11H2,1-5H3. The molecule has 1 unspecified atom stereocenters. The van der Waals surface area contributed by atoms with Crippen LogP contribution in [0.1, 0.15) is 20.8 Å². The lowest BCUT2D eigenvalue weighted by Crippen LogP contribution is -2.42. The summed E-state index contributed by atoms with van der Waals surface area (Å²) >= 11 is 0. The van der Waals surface area contributed by atoms with Crippen LogP contribution in [-0.2, 0) is 19.9 Å². The highest BCUT2D eigenvalue weighted by Crippen LogP contribution is 2.26. The van der Waals surface area contributed by atoms with Crippen LogP contribution in [0.15, 0.2) is 28.0 Å². The summed E-state index contributed by atoms with van der Waals surface area (Å²) in [5, 5.41) is 0. The van der Waals surface area contributed by atoms with Crippen LogP contribution in [-0.4, -0.2) is 60.8 Å². The fraction of sp³-hybridized carbons (Fsp3) is 0.600. The van der Waals surface area contributed by atoms with Crippen molar-refractivity contribution in [1.29, 1.82) is 0 Å². The fourth-order valence-corrected chi connectivity index (χ4v) is 4.42. The topological polar surface area (TPSA) is 92.8 Å². The molecule has 1 rings (SSSR count). The minimum atomic E-state index is -3.90. The number of ether oxygens (including phenoxy) is 1. The average Bonchev–Trinajstić information content (AvgIpc) is 2.52. The Balaban J connectivity index is 3.13. The maximum Gasteiger partial charge on any atom is 0.244 e. The number of likely N-dealkylation sites (N-methyl/N-ethyl adjacent to an activating group) is 1. The summed E-state index contributed by atoms with van der Waals surface area (Å²) in [5.41, 5.74) is 0. The number of sulfonamides is 1. The zero-order valence-electron chi connectivity index (χ0n) is 14.7. The van der Waals surface area contributed by atoms with Gasteiger partial charge in [-0.05, 0) is 38.2 Å². The largest absolute Gasteiger partial charge is 0.495 e. The summed E-state index contributed by atoms with van der Waals surface area (Å²) in [4.78, 5) is 1.87. The number of hydrogen-bond donors (Lipinski definition) is 1. The predicted molar refractivity (Wildman–Crippen MR) is 93.7 cm³/mol. The number of nitrogens with one attached hydrogen (secondary N) is 1. The van der Waals surface area contributed by atoms with Gasteiger partial charge in [-0.25, -0.2) is 21.6 Å². The third-order valence-corrected chi connectivity index (χ3v) is 6.41. The van der Waals surface area contributed by atoms with E-state index in [0.717, 1.165) is 25.4 Å². The molecule has 0 bridgehead atoms. The molecule has 0 radical (unpaired) electrons. The van der Waals surface area contributed by atoms with Crippen LogP contribution in [0.25, 0.3) is 0 Å². The molecule has 0 heterocycles. The molecule has 1 aromatic rings. The molecule has 0 saturated carbocycles. The summed E-state index contributed by atoms with van der Waals surface area (Å²) in [6.45, 7) is 7.79. The number of benzene rings is 1. The minimum Gasteiger partial charge on any atom is -0.495 e. The molecule has 0 aliphatic heterocycles. The van der Waals surface area contributed by atoms with Crippen molar-refractivity contribution in [3.63, 3.8) is 0 Å². The first-order chi connectivity index (χ1) is 11.1. The molecule has 0 saturated heterocycles. The molecule has 0 fully saturated rings. The van der Waals surface area contributed by atoms with E-state index < -0.39 is 19.9 Å². The Morgan fingerprint density at radius 3 is 2.21 bits per heavy atom. The molecule has 7 nitrogen and oxygen atoms in total. The molecule has 1 atom stereocenters. The summed E-state index contributed by atoms with van der Waals surface area (Å²) in [7, 11) is -6.08. The molecule has 0 aliphatic carbocycles. The third-order valence-electron chi connectivity index (χ3n) is 3.86. The van der Waals surface area contributed by atoms with Crippen molar-refractivity contribution in [2.75, 3.05) is 33.0 Å². The van der Waals surface area contributed by atoms with Crippen LogP contribution in [0.2, 0.25) is 0 Å². The van der Waals surface area contributed by atoms with Crippen LogP contribution < -0.4 is 9.46 Å². The molecule has 0 aliphatic rings. The van der Waals surface area contributed by atoms with Crippen molar-refractivity contribution >= 4 is 19.9 Å². The Morgan fingerprint density at radius 1 is 1.17 bits per heavy atom. The molecule has 1 N–H and O–H groups in total. The molecule has 1 aromatic carbocycles. The summed E-state index contributed by atoms with van der Waals surface area (Å²) in [5.74, 6) is 0.102. The van der Waals surface area contributed by atoms with Gasteiger partial charge in [0.25, 0.3) is 0 Å². The van der Waals surface area contributed by atoms with Crippen molar-refractivity contribution in [2.45, 2.75) is 36.6 Å². The number of hydrogen-bond acceptors (Lipinski definition) is 6. The van der Waals surface area contributed by atoms with E-state index in [4.69, 9.17) is 4.74 Å². The van der Waals surface area contributed by atoms with Gasteiger partial charge in [0, 0.05) is 18.8 Å². The van der Waals surface area contributed by atoms with E-state index >= 15 is 0 Å². The Kier molecular flexibility index (Phi) is 7.21. The van der Waals surface area contributed by atoms with Gasteiger partial charge in [-0.2, -0.15) is 0 Å². The van der Waals surface area contributed by atoms with E-state index in [1.807, 2.05) is 20.8 Å². The minimum absolute atomic E-state index is 0.0128. The molecule has 24 heavy (non-hydrogen) atoms. The van der Waals surface area contributed by atoms with Gasteiger partial charge in [0.2, 0.25) is 10.0 Å². The highest BCUT2D eigenvalue weighted by molar-refractivity contribution is 7.91. The van der Waals surface area contributed by atoms with E-state index in [2.05, 4.69) is 9.62 Å². The number of rotatable bonds is 9. The lowest BCUT2D eigenvalue weighted by molar-refractivity contribution is 0.232. The van der Waals surface area contributed by atoms with Crippen LogP contribution in [0.4, 0.5) is 0 Å². The Labute approximate surface area is 145 Å². The van der Waals surface area contributed by atoms with E-state index in [0.29, 0.717) is 0 Å². The van der Waals surface area contributed by atoms with Gasteiger partial charge in [0.1, 0.15) is 10.6 Å². The average molecular weight is 379 g/mol. The van der Waals surface area contributed by atoms with Crippen molar-refractivity contribution in [3.8, 4) is 5.75 Å². The number of nitrogens with zero attached hydrogens (tertiary/aromatic N) is 1. The normalized spacial score (nSPS) is 13.9. The summed E-state index contributed by atoms with van der Waals surface area (Å²) < 4.78 is 56.1. The second-order valence-electron chi connectivity index (χ2n) is 5.51. The maximum absolute atomic E-state index is 12.6. The van der Waals surface area contributed by atoms with Gasteiger partial charge in [-0.1, -0.05) is 13.8 Å². The molecule has 0 amide bonds. The van der Waals surface area contributed by atoms with E-state index in [-0.39, 0.29) is 28.1 Å². The van der Waals surface area contributed by atoms with Crippen LogP contribution in [0, 0.1) is 0 Å². The zero-order chi connectivity index (χ0) is 18.5. The highest BCUT2D eigenvalue weighted by atomic mass is 32.2. The first-order valence-corrected chi connectivity index (χ1v) is 11.1. The van der Waals surface area contributed by atoms with Gasteiger partial charge in [-0.3, -0.25) is 4.90 Å². The van der Waals surface area contributed by atoms with E-state index in [1.165, 1.54) is 19.2 Å². The molecule has 138 valence electrons. The maximum atomic E-state index is 12.6. The fourth-order valence-electron chi connectivity index (χ4n) is 2.38. The molecular formula is C15H26N2O5S2. The SMILES string of the molecule is CCN(CC)C(C)CNS(=O)(=O)c1cc(S(C)(=O)=O)ccc1OC. The number of sulfone groups is 1. The third kappa shape index (κ3) is 5.17. The van der Waals surface area contributed by atoms with Crippen molar-refractivity contribution in [2.24, 2.45) is 0 Å². The highest BCUT2D eigenvalue weighted by Gasteiger charge is 2.23. The summed E-state index contributed by atoms with van der Waals surface area (Å²) in [6, 6.07) is 3.81. The molecule has 9 heteroatoms. The van der Waals surface area contributed by atoms with Crippen LogP contribution in [0.3, 0.4) is 0 Å². The molecule has 0 spiro atoms. The number of methoxy groups -OCH3 is 1.